The molecule has 0 saturated carbocycles. The summed E-state index contributed by atoms with van der Waals surface area (Å²) in [5.41, 5.74) is 3.41. The minimum Gasteiger partial charge on any atom is -0.497 e. The SMILES string of the molecule is COc1ccc(C(=O)Oc2cccc(/C=N\NC(=O)c3ccc([N+](=O)[O-])cc3)c2)cc1. The molecule has 0 bridgehead atoms. The normalized spacial score (nSPS) is 10.5. The molecular formula is C22H17N3O6. The van der Waals surface area contributed by atoms with Crippen molar-refractivity contribution in [2.24, 2.45) is 5.10 Å². The summed E-state index contributed by atoms with van der Waals surface area (Å²) >= 11 is 0. The number of hydrogen-bond acceptors (Lipinski definition) is 7. The van der Waals surface area contributed by atoms with Gasteiger partial charge in [0.2, 0.25) is 0 Å². The van der Waals surface area contributed by atoms with Crippen LogP contribution in [0.1, 0.15) is 26.3 Å². The lowest BCUT2D eigenvalue weighted by Crippen LogP contribution is -2.17. The average molecular weight is 419 g/mol. The molecule has 156 valence electrons. The monoisotopic (exact) mass is 419 g/mol. The van der Waals surface area contributed by atoms with Crippen LogP contribution >= 0.6 is 0 Å². The predicted molar refractivity (Wildman–Crippen MR) is 113 cm³/mol. The van der Waals surface area contributed by atoms with Crippen LogP contribution < -0.4 is 14.9 Å². The molecule has 3 aromatic carbocycles. The highest BCUT2D eigenvalue weighted by Crippen LogP contribution is 2.17. The first-order chi connectivity index (χ1) is 15.0. The molecule has 0 heterocycles. The number of nitro groups is 1. The minimum atomic E-state index is -0.547. The molecule has 9 heteroatoms. The highest BCUT2D eigenvalue weighted by atomic mass is 16.6. The summed E-state index contributed by atoms with van der Waals surface area (Å²) in [7, 11) is 1.54. The Hall–Kier alpha value is -4.53. The summed E-state index contributed by atoms with van der Waals surface area (Å²) in [4.78, 5) is 34.4. The summed E-state index contributed by atoms with van der Waals surface area (Å²) in [5.74, 6) is -0.103. The fourth-order valence-electron chi connectivity index (χ4n) is 2.52. The van der Waals surface area contributed by atoms with Crippen LogP contribution in [0.2, 0.25) is 0 Å². The number of nitrogens with one attached hydrogen (secondary N) is 1. The van der Waals surface area contributed by atoms with E-state index in [9.17, 15) is 19.7 Å². The third-order valence-electron chi connectivity index (χ3n) is 4.11. The maximum Gasteiger partial charge on any atom is 0.343 e. The van der Waals surface area contributed by atoms with E-state index < -0.39 is 16.8 Å². The summed E-state index contributed by atoms with van der Waals surface area (Å²) in [5, 5.41) is 14.5. The second kappa shape index (κ2) is 9.79. The van der Waals surface area contributed by atoms with Crippen LogP contribution in [0.4, 0.5) is 5.69 Å². The first-order valence-corrected chi connectivity index (χ1v) is 9.00. The molecule has 0 radical (unpaired) electrons. The highest BCUT2D eigenvalue weighted by Gasteiger charge is 2.10. The molecule has 3 rings (SSSR count). The lowest BCUT2D eigenvalue weighted by Gasteiger charge is -2.06. The lowest BCUT2D eigenvalue weighted by atomic mass is 10.2. The van der Waals surface area contributed by atoms with Gasteiger partial charge >= 0.3 is 5.97 Å². The van der Waals surface area contributed by atoms with E-state index in [0.29, 0.717) is 22.6 Å². The smallest absolute Gasteiger partial charge is 0.343 e. The highest BCUT2D eigenvalue weighted by molar-refractivity contribution is 5.95. The number of non-ortho nitro benzene ring substituents is 1. The van der Waals surface area contributed by atoms with Crippen LogP contribution in [-0.4, -0.2) is 30.1 Å². The standard InChI is InChI=1S/C22H17N3O6/c1-30-19-11-7-17(8-12-19)22(27)31-20-4-2-3-15(13-20)14-23-24-21(26)16-5-9-18(10-6-16)25(28)29/h2-14H,1H3,(H,24,26)/b23-14-. The number of hydrazone groups is 1. The molecule has 3 aromatic rings. The number of hydrogen-bond donors (Lipinski definition) is 1. The van der Waals surface area contributed by atoms with Crippen molar-refractivity contribution in [3.8, 4) is 11.5 Å². The Kier molecular flexibility index (Phi) is 6.69. The van der Waals surface area contributed by atoms with Gasteiger partial charge in [-0.25, -0.2) is 10.2 Å². The summed E-state index contributed by atoms with van der Waals surface area (Å²) in [6, 6.07) is 18.3. The van der Waals surface area contributed by atoms with Crippen LogP contribution in [0.25, 0.3) is 0 Å². The summed E-state index contributed by atoms with van der Waals surface area (Å²) in [6.45, 7) is 0. The zero-order valence-electron chi connectivity index (χ0n) is 16.3. The number of nitro benzene ring substituents is 1. The van der Waals surface area contributed by atoms with E-state index >= 15 is 0 Å². The molecule has 0 fully saturated rings. The van der Waals surface area contributed by atoms with Gasteiger partial charge in [0.05, 0.1) is 23.8 Å². The molecule has 0 unspecified atom stereocenters. The first kappa shape index (κ1) is 21.2. The van der Waals surface area contributed by atoms with Gasteiger partial charge in [-0.2, -0.15) is 5.10 Å². The zero-order chi connectivity index (χ0) is 22.2. The fourth-order valence-corrected chi connectivity index (χ4v) is 2.52. The van der Waals surface area contributed by atoms with Crippen molar-refractivity contribution in [3.63, 3.8) is 0 Å². The third kappa shape index (κ3) is 5.73. The van der Waals surface area contributed by atoms with Crippen LogP contribution in [0.15, 0.2) is 77.9 Å². The van der Waals surface area contributed by atoms with Gasteiger partial charge in [0, 0.05) is 17.7 Å². The maximum atomic E-state index is 12.3. The van der Waals surface area contributed by atoms with Crippen LogP contribution in [0.5, 0.6) is 11.5 Å². The van der Waals surface area contributed by atoms with Crippen molar-refractivity contribution in [2.45, 2.75) is 0 Å². The Balaban J connectivity index is 1.60. The molecule has 0 aliphatic carbocycles. The van der Waals surface area contributed by atoms with E-state index in [1.54, 1.807) is 48.5 Å². The Labute approximate surface area is 177 Å². The van der Waals surface area contributed by atoms with Gasteiger partial charge in [-0.3, -0.25) is 14.9 Å². The van der Waals surface area contributed by atoms with Crippen LogP contribution in [-0.2, 0) is 0 Å². The van der Waals surface area contributed by atoms with Crippen molar-refractivity contribution in [3.05, 3.63) is 99.6 Å². The number of methoxy groups -OCH3 is 1. The average Bonchev–Trinajstić information content (AvgIpc) is 2.79. The topological polar surface area (TPSA) is 120 Å². The molecule has 0 atom stereocenters. The molecule has 1 amide bonds. The zero-order valence-corrected chi connectivity index (χ0v) is 16.3. The number of rotatable bonds is 7. The lowest BCUT2D eigenvalue weighted by molar-refractivity contribution is -0.384. The minimum absolute atomic E-state index is 0.110. The Bertz CT molecular complexity index is 1120. The van der Waals surface area contributed by atoms with E-state index in [-0.39, 0.29) is 11.3 Å². The molecule has 0 saturated heterocycles. The third-order valence-corrected chi connectivity index (χ3v) is 4.11. The number of carbonyl (C=O) groups excluding carboxylic acids is 2. The van der Waals surface area contributed by atoms with E-state index in [2.05, 4.69) is 10.5 Å². The molecule has 31 heavy (non-hydrogen) atoms. The van der Waals surface area contributed by atoms with Gasteiger partial charge < -0.3 is 9.47 Å². The molecule has 9 nitrogen and oxygen atoms in total. The van der Waals surface area contributed by atoms with E-state index in [4.69, 9.17) is 9.47 Å². The number of esters is 1. The quantitative estimate of drug-likeness (QED) is 0.205. The van der Waals surface area contributed by atoms with Gasteiger partial charge in [-0.05, 0) is 54.1 Å². The molecule has 1 N–H and O–H groups in total. The molecule has 0 aliphatic heterocycles. The number of ether oxygens (including phenoxy) is 2. The number of carbonyl (C=O) groups is 2. The molecule has 0 aliphatic rings. The van der Waals surface area contributed by atoms with Crippen molar-refractivity contribution in [2.75, 3.05) is 7.11 Å². The number of nitrogens with zero attached hydrogens (tertiary/aromatic N) is 2. The Morgan fingerprint density at radius 1 is 0.968 bits per heavy atom. The molecule has 0 spiro atoms. The van der Waals surface area contributed by atoms with E-state index in [0.717, 1.165) is 0 Å². The largest absolute Gasteiger partial charge is 0.497 e. The second-order valence-corrected chi connectivity index (χ2v) is 6.19. The summed E-state index contributed by atoms with van der Waals surface area (Å²) in [6.07, 6.45) is 1.38. The molecular weight excluding hydrogens is 402 g/mol. The molecule has 0 aromatic heterocycles. The van der Waals surface area contributed by atoms with Gasteiger partial charge in [0.25, 0.3) is 11.6 Å². The maximum absolute atomic E-state index is 12.3. The van der Waals surface area contributed by atoms with E-state index in [1.807, 2.05) is 0 Å². The summed E-state index contributed by atoms with van der Waals surface area (Å²) < 4.78 is 10.4. The Morgan fingerprint density at radius 2 is 1.65 bits per heavy atom. The van der Waals surface area contributed by atoms with Gasteiger partial charge in [0.1, 0.15) is 11.5 Å². The second-order valence-electron chi connectivity index (χ2n) is 6.19. The van der Waals surface area contributed by atoms with Gasteiger partial charge in [-0.1, -0.05) is 12.1 Å². The van der Waals surface area contributed by atoms with Crippen molar-refractivity contribution in [1.29, 1.82) is 0 Å². The van der Waals surface area contributed by atoms with Crippen LogP contribution in [0, 0.1) is 10.1 Å². The Morgan fingerprint density at radius 3 is 2.29 bits per heavy atom. The predicted octanol–water partition coefficient (Wildman–Crippen LogP) is 3.59. The van der Waals surface area contributed by atoms with Crippen molar-refractivity contribution < 1.29 is 24.0 Å². The fraction of sp³-hybridized carbons (Fsp3) is 0.0455. The van der Waals surface area contributed by atoms with E-state index in [1.165, 1.54) is 37.6 Å². The first-order valence-electron chi connectivity index (χ1n) is 9.00. The van der Waals surface area contributed by atoms with Crippen LogP contribution in [0.3, 0.4) is 0 Å². The van der Waals surface area contributed by atoms with Crippen molar-refractivity contribution >= 4 is 23.8 Å². The van der Waals surface area contributed by atoms with Gasteiger partial charge in [0.15, 0.2) is 0 Å². The number of benzene rings is 3. The van der Waals surface area contributed by atoms with Crippen molar-refractivity contribution in [1.82, 2.24) is 5.43 Å². The van der Waals surface area contributed by atoms with Gasteiger partial charge in [-0.15, -0.1) is 0 Å². The number of amides is 1.